The van der Waals surface area contributed by atoms with E-state index in [1.54, 1.807) is 11.9 Å². The van der Waals surface area contributed by atoms with Crippen molar-refractivity contribution in [1.82, 2.24) is 4.90 Å². The monoisotopic (exact) mass is 312 g/mol. The maximum absolute atomic E-state index is 12.1. The molecule has 18 heavy (non-hydrogen) atoms. The van der Waals surface area contributed by atoms with Gasteiger partial charge in [-0.2, -0.15) is 0 Å². The molecule has 0 aliphatic carbocycles. The number of carbonyl (C=O) groups is 1. The summed E-state index contributed by atoms with van der Waals surface area (Å²) in [6, 6.07) is 7.55. The van der Waals surface area contributed by atoms with Crippen LogP contribution in [0.1, 0.15) is 25.8 Å². The molecule has 0 saturated carbocycles. The molecule has 100 valence electrons. The molecule has 0 aliphatic heterocycles. The number of nitrogens with two attached hydrogens (primary N) is 1. The third-order valence-corrected chi connectivity index (χ3v) is 3.22. The summed E-state index contributed by atoms with van der Waals surface area (Å²) in [5.74, 6) is 0.437. The predicted octanol–water partition coefficient (Wildman–Crippen LogP) is 2.78. The second-order valence-corrected chi connectivity index (χ2v) is 5.98. The van der Waals surface area contributed by atoms with Crippen LogP contribution < -0.4 is 5.73 Å². The van der Waals surface area contributed by atoms with Crippen LogP contribution in [0.15, 0.2) is 28.7 Å². The van der Waals surface area contributed by atoms with Gasteiger partial charge in [0.1, 0.15) is 0 Å². The van der Waals surface area contributed by atoms with Crippen molar-refractivity contribution in [1.29, 1.82) is 0 Å². The van der Waals surface area contributed by atoms with Crippen molar-refractivity contribution in [2.24, 2.45) is 11.7 Å². The van der Waals surface area contributed by atoms with E-state index in [9.17, 15) is 4.79 Å². The van der Waals surface area contributed by atoms with Crippen molar-refractivity contribution in [2.75, 3.05) is 7.05 Å². The highest BCUT2D eigenvalue weighted by Gasteiger charge is 2.19. The molecule has 1 aromatic rings. The Morgan fingerprint density at radius 1 is 1.44 bits per heavy atom. The van der Waals surface area contributed by atoms with E-state index in [1.165, 1.54) is 0 Å². The molecular weight excluding hydrogens is 292 g/mol. The van der Waals surface area contributed by atoms with E-state index in [1.807, 2.05) is 24.3 Å². The Hall–Kier alpha value is -0.870. The zero-order chi connectivity index (χ0) is 13.7. The fourth-order valence-corrected chi connectivity index (χ4v) is 2.33. The first-order chi connectivity index (χ1) is 8.40. The van der Waals surface area contributed by atoms with Gasteiger partial charge in [0, 0.05) is 18.1 Å². The van der Waals surface area contributed by atoms with Crippen molar-refractivity contribution in [3.05, 3.63) is 34.3 Å². The summed E-state index contributed by atoms with van der Waals surface area (Å²) in [4.78, 5) is 13.7. The zero-order valence-electron chi connectivity index (χ0n) is 11.2. The van der Waals surface area contributed by atoms with E-state index in [2.05, 4.69) is 29.8 Å². The third-order valence-electron chi connectivity index (χ3n) is 2.73. The molecule has 1 atom stereocenters. The minimum absolute atomic E-state index is 0.00340. The van der Waals surface area contributed by atoms with Gasteiger partial charge < -0.3 is 10.6 Å². The molecule has 0 spiro atoms. The molecule has 0 fully saturated rings. The second-order valence-electron chi connectivity index (χ2n) is 5.06. The molecule has 1 rings (SSSR count). The Kier molecular flexibility index (Phi) is 5.82. The molecule has 2 N–H and O–H groups in total. The van der Waals surface area contributed by atoms with Crippen LogP contribution in [-0.2, 0) is 11.3 Å². The second kappa shape index (κ2) is 6.90. The van der Waals surface area contributed by atoms with Crippen LogP contribution in [0.25, 0.3) is 0 Å². The number of rotatable bonds is 5. The standard InChI is InChI=1S/C14H21BrN2O/c1-10(2)7-13(16)14(18)17(3)9-11-5-4-6-12(15)8-11/h4-6,8,10,13H,7,9,16H2,1-3H3/t13-/m1/s1. The molecule has 1 amide bonds. The number of likely N-dealkylation sites (N-methyl/N-ethyl adjacent to an activating group) is 1. The van der Waals surface area contributed by atoms with Crippen molar-refractivity contribution in [3.8, 4) is 0 Å². The van der Waals surface area contributed by atoms with Crippen LogP contribution >= 0.6 is 15.9 Å². The Labute approximate surface area is 117 Å². The summed E-state index contributed by atoms with van der Waals surface area (Å²) < 4.78 is 1.02. The topological polar surface area (TPSA) is 46.3 Å². The molecule has 3 nitrogen and oxygen atoms in total. The zero-order valence-corrected chi connectivity index (χ0v) is 12.8. The summed E-state index contributed by atoms with van der Waals surface area (Å²) >= 11 is 3.42. The minimum atomic E-state index is -0.401. The van der Waals surface area contributed by atoms with Gasteiger partial charge in [0.05, 0.1) is 6.04 Å². The van der Waals surface area contributed by atoms with Crippen molar-refractivity contribution in [2.45, 2.75) is 32.9 Å². The average Bonchev–Trinajstić information content (AvgIpc) is 2.27. The molecule has 0 radical (unpaired) electrons. The lowest BCUT2D eigenvalue weighted by molar-refractivity contribution is -0.132. The lowest BCUT2D eigenvalue weighted by Crippen LogP contribution is -2.42. The van der Waals surface area contributed by atoms with Crippen LogP contribution in [0.3, 0.4) is 0 Å². The molecule has 0 aromatic heterocycles. The average molecular weight is 313 g/mol. The summed E-state index contributed by atoms with van der Waals surface area (Å²) in [5, 5.41) is 0. The summed E-state index contributed by atoms with van der Waals surface area (Å²) in [6.45, 7) is 4.73. The van der Waals surface area contributed by atoms with Crippen molar-refractivity contribution < 1.29 is 4.79 Å². The number of hydrogen-bond donors (Lipinski definition) is 1. The van der Waals surface area contributed by atoms with Crippen molar-refractivity contribution >= 4 is 21.8 Å². The Morgan fingerprint density at radius 2 is 2.11 bits per heavy atom. The first-order valence-corrected chi connectivity index (χ1v) is 6.94. The van der Waals surface area contributed by atoms with E-state index in [-0.39, 0.29) is 5.91 Å². The molecular formula is C14H21BrN2O. The number of benzene rings is 1. The van der Waals surface area contributed by atoms with Crippen LogP contribution in [0.2, 0.25) is 0 Å². The molecule has 1 aromatic carbocycles. The molecule has 0 heterocycles. The number of hydrogen-bond acceptors (Lipinski definition) is 2. The fraction of sp³-hybridized carbons (Fsp3) is 0.500. The number of amides is 1. The van der Waals surface area contributed by atoms with Gasteiger partial charge in [-0.1, -0.05) is 41.9 Å². The van der Waals surface area contributed by atoms with Gasteiger partial charge >= 0.3 is 0 Å². The quantitative estimate of drug-likeness (QED) is 0.908. The Balaban J connectivity index is 2.59. The van der Waals surface area contributed by atoms with E-state index < -0.39 is 6.04 Å². The Morgan fingerprint density at radius 3 is 2.67 bits per heavy atom. The van der Waals surface area contributed by atoms with Crippen molar-refractivity contribution in [3.63, 3.8) is 0 Å². The van der Waals surface area contributed by atoms with Gasteiger partial charge in [0.2, 0.25) is 5.91 Å². The van der Waals surface area contributed by atoms with Crippen LogP contribution in [0.5, 0.6) is 0 Å². The van der Waals surface area contributed by atoms with Crippen LogP contribution in [0.4, 0.5) is 0 Å². The van der Waals surface area contributed by atoms with E-state index in [4.69, 9.17) is 5.73 Å². The maximum atomic E-state index is 12.1. The normalized spacial score (nSPS) is 12.6. The minimum Gasteiger partial charge on any atom is -0.340 e. The Bertz CT molecular complexity index is 407. The van der Waals surface area contributed by atoms with Gasteiger partial charge in [-0.05, 0) is 30.0 Å². The van der Waals surface area contributed by atoms with E-state index in [0.717, 1.165) is 16.5 Å². The van der Waals surface area contributed by atoms with Crippen LogP contribution in [-0.4, -0.2) is 23.9 Å². The number of halogens is 1. The highest BCUT2D eigenvalue weighted by molar-refractivity contribution is 9.10. The SMILES string of the molecule is CC(C)C[C@@H](N)C(=O)N(C)Cc1cccc(Br)c1. The number of nitrogens with zero attached hydrogens (tertiary/aromatic N) is 1. The molecule has 4 heteroatoms. The first-order valence-electron chi connectivity index (χ1n) is 6.15. The van der Waals surface area contributed by atoms with E-state index >= 15 is 0 Å². The number of carbonyl (C=O) groups excluding carboxylic acids is 1. The largest absolute Gasteiger partial charge is 0.340 e. The van der Waals surface area contributed by atoms with Crippen LogP contribution in [0, 0.1) is 5.92 Å². The summed E-state index contributed by atoms with van der Waals surface area (Å²) in [6.07, 6.45) is 0.724. The van der Waals surface area contributed by atoms with E-state index in [0.29, 0.717) is 12.5 Å². The van der Waals surface area contributed by atoms with Gasteiger partial charge in [0.25, 0.3) is 0 Å². The summed E-state index contributed by atoms with van der Waals surface area (Å²) in [5.41, 5.74) is 7.00. The fourth-order valence-electron chi connectivity index (χ4n) is 1.88. The molecule has 0 saturated heterocycles. The highest BCUT2D eigenvalue weighted by Crippen LogP contribution is 2.14. The predicted molar refractivity (Wildman–Crippen MR) is 78.0 cm³/mol. The molecule has 0 unspecified atom stereocenters. The van der Waals surface area contributed by atoms with Gasteiger partial charge in [-0.3, -0.25) is 4.79 Å². The maximum Gasteiger partial charge on any atom is 0.239 e. The lowest BCUT2D eigenvalue weighted by Gasteiger charge is -2.22. The van der Waals surface area contributed by atoms with Gasteiger partial charge in [0.15, 0.2) is 0 Å². The third kappa shape index (κ3) is 4.78. The highest BCUT2D eigenvalue weighted by atomic mass is 79.9. The smallest absolute Gasteiger partial charge is 0.239 e. The summed E-state index contributed by atoms with van der Waals surface area (Å²) in [7, 11) is 1.80. The lowest BCUT2D eigenvalue weighted by atomic mass is 10.0. The van der Waals surface area contributed by atoms with Gasteiger partial charge in [-0.25, -0.2) is 0 Å². The first kappa shape index (κ1) is 15.2. The van der Waals surface area contributed by atoms with Gasteiger partial charge in [-0.15, -0.1) is 0 Å². The molecule has 0 bridgehead atoms. The molecule has 0 aliphatic rings.